The molecule has 76 valence electrons. The summed E-state index contributed by atoms with van der Waals surface area (Å²) >= 11 is 0. The van der Waals surface area contributed by atoms with Gasteiger partial charge in [0.15, 0.2) is 0 Å². The molecule has 0 radical (unpaired) electrons. The molecule has 0 saturated heterocycles. The van der Waals surface area contributed by atoms with Gasteiger partial charge in [0.1, 0.15) is 5.75 Å². The van der Waals surface area contributed by atoms with Gasteiger partial charge in [-0.3, -0.25) is 0 Å². The topological polar surface area (TPSA) is 21.3 Å². The van der Waals surface area contributed by atoms with Gasteiger partial charge >= 0.3 is 0 Å². The van der Waals surface area contributed by atoms with Crippen molar-refractivity contribution in [2.75, 3.05) is 7.11 Å². The Morgan fingerprint density at radius 2 is 2.21 bits per heavy atom. The van der Waals surface area contributed by atoms with E-state index < -0.39 is 0 Å². The van der Waals surface area contributed by atoms with Crippen LogP contribution >= 0.6 is 0 Å². The lowest BCUT2D eigenvalue weighted by molar-refractivity contribution is 0.407. The minimum absolute atomic E-state index is 0.749. The van der Waals surface area contributed by atoms with Gasteiger partial charge in [-0.25, -0.2) is 0 Å². The molecular formula is C12H17NO. The Labute approximate surface area is 85.3 Å². The average molecular weight is 191 g/mol. The zero-order valence-electron chi connectivity index (χ0n) is 8.84. The molecule has 1 fully saturated rings. The maximum absolute atomic E-state index is 5.34. The Hall–Kier alpha value is -1.02. The molecular weight excluding hydrogens is 174 g/mol. The number of hydrogen-bond donors (Lipinski definition) is 1. The summed E-state index contributed by atoms with van der Waals surface area (Å²) in [5.41, 5.74) is 2.60. The molecule has 2 heteroatoms. The lowest BCUT2D eigenvalue weighted by Crippen LogP contribution is -2.16. The number of aryl methyl sites for hydroxylation is 1. The predicted octanol–water partition coefficient (Wildman–Crippen LogP) is 2.26. The van der Waals surface area contributed by atoms with Crippen LogP contribution in [0.1, 0.15) is 24.0 Å². The first-order chi connectivity index (χ1) is 6.81. The summed E-state index contributed by atoms with van der Waals surface area (Å²) in [5, 5.41) is 3.51. The van der Waals surface area contributed by atoms with E-state index in [0.29, 0.717) is 0 Å². The van der Waals surface area contributed by atoms with Crippen molar-refractivity contribution in [2.24, 2.45) is 0 Å². The van der Waals surface area contributed by atoms with Gasteiger partial charge in [-0.2, -0.15) is 0 Å². The fourth-order valence-corrected chi connectivity index (χ4v) is 1.63. The highest BCUT2D eigenvalue weighted by Gasteiger charge is 2.20. The zero-order valence-corrected chi connectivity index (χ0v) is 8.84. The Morgan fingerprint density at radius 3 is 2.86 bits per heavy atom. The molecule has 14 heavy (non-hydrogen) atoms. The van der Waals surface area contributed by atoms with Gasteiger partial charge in [0.05, 0.1) is 7.11 Å². The molecule has 0 aliphatic heterocycles. The molecule has 1 aliphatic carbocycles. The van der Waals surface area contributed by atoms with Gasteiger partial charge in [0.25, 0.3) is 0 Å². The van der Waals surface area contributed by atoms with E-state index in [1.54, 1.807) is 7.11 Å². The summed E-state index contributed by atoms with van der Waals surface area (Å²) in [7, 11) is 1.73. The van der Waals surface area contributed by atoms with E-state index in [2.05, 4.69) is 18.3 Å². The fourth-order valence-electron chi connectivity index (χ4n) is 1.63. The second-order valence-electron chi connectivity index (χ2n) is 3.91. The van der Waals surface area contributed by atoms with Crippen molar-refractivity contribution < 1.29 is 4.74 Å². The zero-order chi connectivity index (χ0) is 9.97. The highest BCUT2D eigenvalue weighted by Crippen LogP contribution is 2.24. The van der Waals surface area contributed by atoms with Crippen LogP contribution in [0.25, 0.3) is 0 Å². The van der Waals surface area contributed by atoms with Crippen molar-refractivity contribution in [1.82, 2.24) is 5.32 Å². The smallest absolute Gasteiger partial charge is 0.123 e. The minimum atomic E-state index is 0.749. The molecule has 1 aromatic carbocycles. The summed E-state index contributed by atoms with van der Waals surface area (Å²) < 4.78 is 5.34. The van der Waals surface area contributed by atoms with E-state index in [1.165, 1.54) is 24.0 Å². The summed E-state index contributed by atoms with van der Waals surface area (Å²) in [5.74, 6) is 0.998. The highest BCUT2D eigenvalue weighted by atomic mass is 16.5. The van der Waals surface area contributed by atoms with Gasteiger partial charge in [-0.1, -0.05) is 12.1 Å². The quantitative estimate of drug-likeness (QED) is 0.788. The lowest BCUT2D eigenvalue weighted by Gasteiger charge is -2.11. The molecule has 1 saturated carbocycles. The third kappa shape index (κ3) is 2.07. The van der Waals surface area contributed by atoms with Gasteiger partial charge in [-0.15, -0.1) is 0 Å². The molecule has 1 aromatic rings. The van der Waals surface area contributed by atoms with E-state index in [-0.39, 0.29) is 0 Å². The van der Waals surface area contributed by atoms with Gasteiger partial charge < -0.3 is 10.1 Å². The second kappa shape index (κ2) is 4.01. The largest absolute Gasteiger partial charge is 0.496 e. The Morgan fingerprint density at radius 1 is 1.43 bits per heavy atom. The number of hydrogen-bond acceptors (Lipinski definition) is 2. The average Bonchev–Trinajstić information content (AvgIpc) is 2.99. The second-order valence-corrected chi connectivity index (χ2v) is 3.91. The van der Waals surface area contributed by atoms with E-state index in [4.69, 9.17) is 4.74 Å². The van der Waals surface area contributed by atoms with Crippen molar-refractivity contribution in [1.29, 1.82) is 0 Å². The van der Waals surface area contributed by atoms with Crippen molar-refractivity contribution >= 4 is 0 Å². The molecule has 0 heterocycles. The molecule has 1 N–H and O–H groups in total. The lowest BCUT2D eigenvalue weighted by atomic mass is 10.1. The monoisotopic (exact) mass is 191 g/mol. The van der Waals surface area contributed by atoms with Crippen LogP contribution in [0, 0.1) is 6.92 Å². The number of ether oxygens (including phenoxy) is 1. The van der Waals surface area contributed by atoms with Crippen LogP contribution in [0.5, 0.6) is 5.75 Å². The number of benzene rings is 1. The van der Waals surface area contributed by atoms with Crippen LogP contribution in [-0.2, 0) is 6.54 Å². The van der Waals surface area contributed by atoms with Crippen molar-refractivity contribution in [3.8, 4) is 5.75 Å². The molecule has 0 atom stereocenters. The number of rotatable bonds is 4. The van der Waals surface area contributed by atoms with Crippen molar-refractivity contribution in [2.45, 2.75) is 32.4 Å². The standard InChI is InChI=1S/C12H17NO/c1-9-4-3-5-12(14-2)11(9)8-13-10-6-7-10/h3-5,10,13H,6-8H2,1-2H3. The third-order valence-corrected chi connectivity index (χ3v) is 2.73. The molecule has 0 amide bonds. The van der Waals surface area contributed by atoms with Crippen LogP contribution < -0.4 is 10.1 Å². The van der Waals surface area contributed by atoms with Crippen molar-refractivity contribution in [3.63, 3.8) is 0 Å². The van der Waals surface area contributed by atoms with Crippen molar-refractivity contribution in [3.05, 3.63) is 29.3 Å². The van der Waals surface area contributed by atoms with Crippen LogP contribution in [0.3, 0.4) is 0 Å². The van der Waals surface area contributed by atoms with Gasteiger partial charge in [-0.05, 0) is 31.4 Å². The van der Waals surface area contributed by atoms with E-state index >= 15 is 0 Å². The van der Waals surface area contributed by atoms with Gasteiger partial charge in [0, 0.05) is 18.2 Å². The molecule has 2 nitrogen and oxygen atoms in total. The van der Waals surface area contributed by atoms with Crippen LogP contribution in [-0.4, -0.2) is 13.2 Å². The molecule has 0 aromatic heterocycles. The first-order valence-corrected chi connectivity index (χ1v) is 5.17. The molecule has 0 spiro atoms. The maximum atomic E-state index is 5.34. The normalized spacial score (nSPS) is 15.6. The summed E-state index contributed by atoms with van der Waals surface area (Å²) in [6.45, 7) is 3.06. The molecule has 0 unspecified atom stereocenters. The van der Waals surface area contributed by atoms with Gasteiger partial charge in [0.2, 0.25) is 0 Å². The molecule has 0 bridgehead atoms. The van der Waals surface area contributed by atoms with E-state index in [1.807, 2.05) is 12.1 Å². The number of methoxy groups -OCH3 is 1. The van der Waals surface area contributed by atoms with E-state index in [9.17, 15) is 0 Å². The SMILES string of the molecule is COc1cccc(C)c1CNC1CC1. The van der Waals surface area contributed by atoms with E-state index in [0.717, 1.165) is 18.3 Å². The highest BCUT2D eigenvalue weighted by molar-refractivity contribution is 5.39. The molecule has 2 rings (SSSR count). The van der Waals surface area contributed by atoms with Crippen LogP contribution in [0.4, 0.5) is 0 Å². The Balaban J connectivity index is 2.11. The maximum Gasteiger partial charge on any atom is 0.123 e. The number of nitrogens with one attached hydrogen (secondary N) is 1. The Kier molecular flexibility index (Phi) is 2.73. The third-order valence-electron chi connectivity index (χ3n) is 2.73. The van der Waals surface area contributed by atoms with Crippen LogP contribution in [0.2, 0.25) is 0 Å². The minimum Gasteiger partial charge on any atom is -0.496 e. The Bertz CT molecular complexity index is 318. The fraction of sp³-hybridized carbons (Fsp3) is 0.500. The first kappa shape index (κ1) is 9.53. The molecule has 1 aliphatic rings. The summed E-state index contributed by atoms with van der Waals surface area (Å²) in [6.07, 6.45) is 2.66. The summed E-state index contributed by atoms with van der Waals surface area (Å²) in [6, 6.07) is 6.94. The summed E-state index contributed by atoms with van der Waals surface area (Å²) in [4.78, 5) is 0. The first-order valence-electron chi connectivity index (χ1n) is 5.17. The predicted molar refractivity (Wildman–Crippen MR) is 57.6 cm³/mol. The van der Waals surface area contributed by atoms with Crippen LogP contribution in [0.15, 0.2) is 18.2 Å².